The van der Waals surface area contributed by atoms with Crippen molar-refractivity contribution < 1.29 is 9.21 Å². The van der Waals surface area contributed by atoms with Gasteiger partial charge in [0.2, 0.25) is 5.91 Å². The van der Waals surface area contributed by atoms with Gasteiger partial charge in [-0.15, -0.1) is 0 Å². The summed E-state index contributed by atoms with van der Waals surface area (Å²) in [6.07, 6.45) is 3.57. The lowest BCUT2D eigenvalue weighted by atomic mass is 9.82. The van der Waals surface area contributed by atoms with Crippen molar-refractivity contribution in [1.82, 2.24) is 4.90 Å². The van der Waals surface area contributed by atoms with Gasteiger partial charge in [-0.2, -0.15) is 0 Å². The summed E-state index contributed by atoms with van der Waals surface area (Å²) in [5, 5.41) is 0. The Labute approximate surface area is 160 Å². The van der Waals surface area contributed by atoms with Crippen molar-refractivity contribution in [3.63, 3.8) is 0 Å². The Balaban J connectivity index is 1.56. The van der Waals surface area contributed by atoms with Crippen LogP contribution in [0.4, 0.5) is 0 Å². The van der Waals surface area contributed by atoms with Gasteiger partial charge in [0.05, 0.1) is 11.7 Å². The van der Waals surface area contributed by atoms with E-state index in [1.807, 2.05) is 43.0 Å². The Morgan fingerprint density at radius 1 is 0.963 bits per heavy atom. The molecule has 0 atom stereocenters. The number of benzene rings is 2. The van der Waals surface area contributed by atoms with Gasteiger partial charge in [0, 0.05) is 25.1 Å². The summed E-state index contributed by atoms with van der Waals surface area (Å²) in [5.74, 6) is 1.19. The van der Waals surface area contributed by atoms with Gasteiger partial charge in [-0.1, -0.05) is 54.6 Å². The third-order valence-corrected chi connectivity index (χ3v) is 5.57. The van der Waals surface area contributed by atoms with Gasteiger partial charge in [0.25, 0.3) is 0 Å². The fourth-order valence-electron chi connectivity index (χ4n) is 3.84. The molecule has 1 aliphatic heterocycles. The predicted octanol–water partition coefficient (Wildman–Crippen LogP) is 5.20. The number of nitrogens with zero attached hydrogens (tertiary/aromatic N) is 1. The molecule has 0 saturated carbocycles. The lowest BCUT2D eigenvalue weighted by molar-refractivity contribution is -0.136. The lowest BCUT2D eigenvalue weighted by Crippen LogP contribution is -2.43. The van der Waals surface area contributed by atoms with Gasteiger partial charge in [0.1, 0.15) is 5.76 Å². The summed E-state index contributed by atoms with van der Waals surface area (Å²) < 4.78 is 5.55. The van der Waals surface area contributed by atoms with Crippen LogP contribution < -0.4 is 0 Å². The molecule has 4 rings (SSSR count). The number of amides is 1. The van der Waals surface area contributed by atoms with E-state index in [4.69, 9.17) is 4.42 Å². The van der Waals surface area contributed by atoms with E-state index in [1.54, 1.807) is 6.26 Å². The quantitative estimate of drug-likeness (QED) is 0.644. The molecule has 1 amide bonds. The van der Waals surface area contributed by atoms with Gasteiger partial charge in [-0.3, -0.25) is 4.79 Å². The zero-order valence-corrected chi connectivity index (χ0v) is 15.9. The van der Waals surface area contributed by atoms with Crippen LogP contribution >= 0.6 is 0 Å². The molecule has 0 saturated heterocycles. The summed E-state index contributed by atoms with van der Waals surface area (Å²) in [6, 6.07) is 20.7. The maximum Gasteiger partial charge on any atom is 0.232 e. The molecule has 3 aromatic rings. The molecular weight excluding hydrogens is 334 g/mol. The summed E-state index contributed by atoms with van der Waals surface area (Å²) in [6.45, 7) is 5.45. The van der Waals surface area contributed by atoms with E-state index in [0.29, 0.717) is 6.54 Å². The van der Waals surface area contributed by atoms with Gasteiger partial charge in [0.15, 0.2) is 0 Å². The van der Waals surface area contributed by atoms with Crippen LogP contribution in [0, 0.1) is 0 Å². The fourth-order valence-corrected chi connectivity index (χ4v) is 3.84. The maximum atomic E-state index is 13.4. The van der Waals surface area contributed by atoms with Crippen molar-refractivity contribution in [3.05, 3.63) is 83.8 Å². The standard InChI is InChI=1S/C24H25NO2/c1-24(2,21-12-10-19(11-13-21)18-7-4-3-5-8-18)23(26)25-15-6-9-22-20(17-25)14-16-27-22/h3-5,7-8,10-14,16H,6,9,15,17H2,1-2H3. The van der Waals surface area contributed by atoms with Crippen LogP contribution in [0.15, 0.2) is 71.3 Å². The number of rotatable bonds is 3. The van der Waals surface area contributed by atoms with Crippen LogP contribution in [0.2, 0.25) is 0 Å². The molecule has 2 aromatic carbocycles. The minimum atomic E-state index is -0.566. The Bertz CT molecular complexity index is 923. The first-order chi connectivity index (χ1) is 13.1. The summed E-state index contributed by atoms with van der Waals surface area (Å²) in [7, 11) is 0. The Morgan fingerprint density at radius 3 is 2.41 bits per heavy atom. The van der Waals surface area contributed by atoms with Gasteiger partial charge in [-0.05, 0) is 43.0 Å². The normalized spacial score (nSPS) is 14.5. The molecule has 3 heteroatoms. The van der Waals surface area contributed by atoms with E-state index in [-0.39, 0.29) is 5.91 Å². The van der Waals surface area contributed by atoms with Crippen molar-refractivity contribution in [3.8, 4) is 11.1 Å². The SMILES string of the molecule is CC(C)(C(=O)N1CCCc2occc2C1)c1ccc(-c2ccccc2)cc1. The molecule has 0 unspecified atom stereocenters. The van der Waals surface area contributed by atoms with Crippen LogP contribution in [0.5, 0.6) is 0 Å². The molecule has 3 nitrogen and oxygen atoms in total. The molecule has 1 aromatic heterocycles. The van der Waals surface area contributed by atoms with E-state index < -0.39 is 5.41 Å². The highest BCUT2D eigenvalue weighted by Crippen LogP contribution is 2.30. The zero-order chi connectivity index (χ0) is 18.9. The third-order valence-electron chi connectivity index (χ3n) is 5.57. The largest absolute Gasteiger partial charge is 0.469 e. The minimum absolute atomic E-state index is 0.170. The molecular formula is C24H25NO2. The number of carbonyl (C=O) groups is 1. The number of carbonyl (C=O) groups excluding carboxylic acids is 1. The summed E-state index contributed by atoms with van der Waals surface area (Å²) >= 11 is 0. The van der Waals surface area contributed by atoms with Crippen LogP contribution in [0.1, 0.15) is 37.2 Å². The summed E-state index contributed by atoms with van der Waals surface area (Å²) in [4.78, 5) is 15.3. The van der Waals surface area contributed by atoms with E-state index in [1.165, 1.54) is 11.1 Å². The predicted molar refractivity (Wildman–Crippen MR) is 107 cm³/mol. The number of fused-ring (bicyclic) bond motifs is 1. The lowest BCUT2D eigenvalue weighted by Gasteiger charge is -2.31. The first kappa shape index (κ1) is 17.6. The minimum Gasteiger partial charge on any atom is -0.469 e. The van der Waals surface area contributed by atoms with E-state index >= 15 is 0 Å². The highest BCUT2D eigenvalue weighted by molar-refractivity contribution is 5.87. The molecule has 0 bridgehead atoms. The maximum absolute atomic E-state index is 13.4. The van der Waals surface area contributed by atoms with Crippen LogP contribution in [0.25, 0.3) is 11.1 Å². The zero-order valence-electron chi connectivity index (χ0n) is 15.9. The molecule has 0 radical (unpaired) electrons. The van der Waals surface area contributed by atoms with Gasteiger partial charge in [-0.25, -0.2) is 0 Å². The van der Waals surface area contributed by atoms with Crippen LogP contribution in [-0.2, 0) is 23.2 Å². The first-order valence-electron chi connectivity index (χ1n) is 9.56. The second-order valence-corrected chi connectivity index (χ2v) is 7.77. The molecule has 138 valence electrons. The number of furan rings is 1. The van der Waals surface area contributed by atoms with Crippen LogP contribution in [-0.4, -0.2) is 17.4 Å². The second-order valence-electron chi connectivity index (χ2n) is 7.77. The fraction of sp³-hybridized carbons (Fsp3) is 0.292. The smallest absolute Gasteiger partial charge is 0.232 e. The number of hydrogen-bond acceptors (Lipinski definition) is 2. The van der Waals surface area contributed by atoms with E-state index in [0.717, 1.165) is 36.3 Å². The Kier molecular flexibility index (Phi) is 4.61. The van der Waals surface area contributed by atoms with Gasteiger partial charge >= 0.3 is 0 Å². The molecule has 0 fully saturated rings. The van der Waals surface area contributed by atoms with E-state index in [2.05, 4.69) is 36.4 Å². The second kappa shape index (κ2) is 7.07. The van der Waals surface area contributed by atoms with Crippen LogP contribution in [0.3, 0.4) is 0 Å². The first-order valence-corrected chi connectivity index (χ1v) is 9.56. The van der Waals surface area contributed by atoms with E-state index in [9.17, 15) is 4.79 Å². The Morgan fingerprint density at radius 2 is 1.67 bits per heavy atom. The molecule has 0 aliphatic carbocycles. The van der Waals surface area contributed by atoms with Crippen molar-refractivity contribution >= 4 is 5.91 Å². The van der Waals surface area contributed by atoms with Gasteiger partial charge < -0.3 is 9.32 Å². The molecule has 0 N–H and O–H groups in total. The highest BCUT2D eigenvalue weighted by Gasteiger charge is 2.34. The average molecular weight is 359 g/mol. The molecule has 27 heavy (non-hydrogen) atoms. The number of aryl methyl sites for hydroxylation is 1. The Hall–Kier alpha value is -2.81. The monoisotopic (exact) mass is 359 g/mol. The molecule has 2 heterocycles. The van der Waals surface area contributed by atoms with Crippen molar-refractivity contribution in [1.29, 1.82) is 0 Å². The molecule has 0 spiro atoms. The van der Waals surface area contributed by atoms with Crippen molar-refractivity contribution in [2.45, 2.75) is 38.6 Å². The van der Waals surface area contributed by atoms with Crippen molar-refractivity contribution in [2.24, 2.45) is 0 Å². The summed E-state index contributed by atoms with van der Waals surface area (Å²) in [5.41, 5.74) is 3.97. The topological polar surface area (TPSA) is 33.5 Å². The molecule has 1 aliphatic rings. The van der Waals surface area contributed by atoms with Crippen molar-refractivity contribution in [2.75, 3.05) is 6.54 Å². The number of hydrogen-bond donors (Lipinski definition) is 0. The average Bonchev–Trinajstić information content (AvgIpc) is 3.05. The third kappa shape index (κ3) is 3.42. The highest BCUT2D eigenvalue weighted by atomic mass is 16.3.